The molecule has 2 aromatic rings. The molecular weight excluding hydrogens is 320 g/mol. The van der Waals surface area contributed by atoms with Gasteiger partial charge in [0.05, 0.1) is 5.69 Å². The number of benzene rings is 1. The highest BCUT2D eigenvalue weighted by atomic mass is 16.6. The first-order valence-corrected chi connectivity index (χ1v) is 8.52. The fourth-order valence-electron chi connectivity index (χ4n) is 2.41. The molecule has 0 saturated heterocycles. The fourth-order valence-corrected chi connectivity index (χ4v) is 2.41. The minimum atomic E-state index is -0.608. The number of ether oxygens (including phenoxy) is 2. The number of carbonyl (C=O) groups excluding carboxylic acids is 1. The maximum atomic E-state index is 12.1. The predicted octanol–water partition coefficient (Wildman–Crippen LogP) is 2.77. The Balaban J connectivity index is 1.99. The van der Waals surface area contributed by atoms with Crippen molar-refractivity contribution in [2.75, 3.05) is 6.61 Å². The Morgan fingerprint density at radius 1 is 1.20 bits per heavy atom. The molecule has 1 heterocycles. The zero-order valence-corrected chi connectivity index (χ0v) is 15.5. The van der Waals surface area contributed by atoms with E-state index < -0.39 is 12.1 Å². The number of carbonyl (C=O) groups is 1. The third-order valence-electron chi connectivity index (χ3n) is 3.92. The van der Waals surface area contributed by atoms with Gasteiger partial charge in [0.1, 0.15) is 0 Å². The van der Waals surface area contributed by atoms with Crippen molar-refractivity contribution >= 4 is 5.97 Å². The largest absolute Gasteiger partial charge is 0.455 e. The number of aromatic nitrogens is 4. The van der Waals surface area contributed by atoms with Crippen LogP contribution in [0.1, 0.15) is 44.1 Å². The summed E-state index contributed by atoms with van der Waals surface area (Å²) in [6.07, 6.45) is 0.297. The number of hydrogen-bond donors (Lipinski definition) is 0. The standard InChI is InChI=1S/C18H26N4O3/c1-12(2)9-10-24-15(5)18(23)25-11-16-19-20-21-22(16)17-13(3)7-6-8-14(17)4/h6-8,12,15H,9-11H2,1-5H3. The number of esters is 1. The van der Waals surface area contributed by atoms with Crippen LogP contribution < -0.4 is 0 Å². The van der Waals surface area contributed by atoms with Crippen LogP contribution in [-0.4, -0.2) is 38.9 Å². The molecule has 0 N–H and O–H groups in total. The Bertz CT molecular complexity index is 692. The van der Waals surface area contributed by atoms with Gasteiger partial charge in [-0.15, -0.1) is 5.10 Å². The number of tetrazole rings is 1. The Labute approximate surface area is 148 Å². The van der Waals surface area contributed by atoms with Crippen molar-refractivity contribution < 1.29 is 14.3 Å². The number of hydrogen-bond acceptors (Lipinski definition) is 6. The minimum absolute atomic E-state index is 0.00249. The van der Waals surface area contributed by atoms with E-state index in [0.29, 0.717) is 18.3 Å². The van der Waals surface area contributed by atoms with Crippen molar-refractivity contribution in [3.8, 4) is 5.69 Å². The SMILES string of the molecule is Cc1cccc(C)c1-n1nnnc1COC(=O)C(C)OCCC(C)C. The molecule has 1 unspecified atom stereocenters. The van der Waals surface area contributed by atoms with Crippen LogP contribution in [0, 0.1) is 19.8 Å². The third-order valence-corrected chi connectivity index (χ3v) is 3.92. The van der Waals surface area contributed by atoms with Gasteiger partial charge in [0.2, 0.25) is 0 Å². The van der Waals surface area contributed by atoms with Crippen molar-refractivity contribution in [3.63, 3.8) is 0 Å². The monoisotopic (exact) mass is 346 g/mol. The molecule has 0 radical (unpaired) electrons. The highest BCUT2D eigenvalue weighted by Gasteiger charge is 2.18. The molecule has 0 aliphatic heterocycles. The van der Waals surface area contributed by atoms with Crippen molar-refractivity contribution in [1.29, 1.82) is 0 Å². The van der Waals surface area contributed by atoms with Gasteiger partial charge < -0.3 is 9.47 Å². The van der Waals surface area contributed by atoms with Crippen LogP contribution in [0.2, 0.25) is 0 Å². The Kier molecular flexibility index (Phi) is 6.64. The van der Waals surface area contributed by atoms with Crippen molar-refractivity contribution in [2.45, 2.75) is 53.8 Å². The molecule has 0 bridgehead atoms. The van der Waals surface area contributed by atoms with Crippen molar-refractivity contribution in [2.24, 2.45) is 5.92 Å². The van der Waals surface area contributed by atoms with Crippen LogP contribution in [0.15, 0.2) is 18.2 Å². The summed E-state index contributed by atoms with van der Waals surface area (Å²) in [6.45, 7) is 10.4. The smallest absolute Gasteiger partial charge is 0.335 e. The zero-order valence-electron chi connectivity index (χ0n) is 15.5. The summed E-state index contributed by atoms with van der Waals surface area (Å²) in [5, 5.41) is 11.7. The van der Waals surface area contributed by atoms with Gasteiger partial charge >= 0.3 is 5.97 Å². The maximum absolute atomic E-state index is 12.1. The molecule has 136 valence electrons. The van der Waals surface area contributed by atoms with E-state index in [4.69, 9.17) is 9.47 Å². The van der Waals surface area contributed by atoms with E-state index in [1.54, 1.807) is 11.6 Å². The molecule has 0 aliphatic rings. The van der Waals surface area contributed by atoms with E-state index in [-0.39, 0.29) is 6.61 Å². The average molecular weight is 346 g/mol. The molecule has 1 aromatic carbocycles. The molecule has 1 aromatic heterocycles. The van der Waals surface area contributed by atoms with E-state index in [1.807, 2.05) is 32.0 Å². The van der Waals surface area contributed by atoms with Gasteiger partial charge in [-0.3, -0.25) is 0 Å². The number of para-hydroxylation sites is 1. The first-order chi connectivity index (χ1) is 11.9. The van der Waals surface area contributed by atoms with Gasteiger partial charge in [0.15, 0.2) is 18.5 Å². The molecule has 1 atom stereocenters. The van der Waals surface area contributed by atoms with Crippen LogP contribution in [0.3, 0.4) is 0 Å². The lowest BCUT2D eigenvalue weighted by atomic mass is 10.1. The van der Waals surface area contributed by atoms with E-state index in [2.05, 4.69) is 29.4 Å². The first-order valence-electron chi connectivity index (χ1n) is 8.52. The quantitative estimate of drug-likeness (QED) is 0.684. The Morgan fingerprint density at radius 2 is 1.88 bits per heavy atom. The summed E-state index contributed by atoms with van der Waals surface area (Å²) in [5.41, 5.74) is 3.00. The second-order valence-electron chi connectivity index (χ2n) is 6.55. The summed E-state index contributed by atoms with van der Waals surface area (Å²) in [6, 6.07) is 5.96. The summed E-state index contributed by atoms with van der Waals surface area (Å²) in [4.78, 5) is 12.1. The topological polar surface area (TPSA) is 79.1 Å². The molecule has 0 aliphatic carbocycles. The number of nitrogens with zero attached hydrogens (tertiary/aromatic N) is 4. The van der Waals surface area contributed by atoms with Crippen LogP contribution in [0.25, 0.3) is 5.69 Å². The molecule has 2 rings (SSSR count). The van der Waals surface area contributed by atoms with Crippen LogP contribution in [0.5, 0.6) is 0 Å². The molecule has 0 spiro atoms. The van der Waals surface area contributed by atoms with Gasteiger partial charge in [-0.1, -0.05) is 32.0 Å². The third kappa shape index (κ3) is 5.09. The summed E-state index contributed by atoms with van der Waals surface area (Å²) < 4.78 is 12.4. The fraction of sp³-hybridized carbons (Fsp3) is 0.556. The lowest BCUT2D eigenvalue weighted by Gasteiger charge is -2.14. The minimum Gasteiger partial charge on any atom is -0.455 e. The van der Waals surface area contributed by atoms with Crippen molar-refractivity contribution in [1.82, 2.24) is 20.2 Å². The average Bonchev–Trinajstić information content (AvgIpc) is 3.00. The van der Waals surface area contributed by atoms with Gasteiger partial charge in [-0.2, -0.15) is 4.68 Å². The van der Waals surface area contributed by atoms with E-state index in [0.717, 1.165) is 23.2 Å². The van der Waals surface area contributed by atoms with Gasteiger partial charge in [0.25, 0.3) is 0 Å². The summed E-state index contributed by atoms with van der Waals surface area (Å²) in [5.74, 6) is 0.588. The number of aryl methyl sites for hydroxylation is 2. The maximum Gasteiger partial charge on any atom is 0.335 e. The normalized spacial score (nSPS) is 12.4. The lowest BCUT2D eigenvalue weighted by Crippen LogP contribution is -2.24. The molecule has 0 fully saturated rings. The predicted molar refractivity (Wildman–Crippen MR) is 93.3 cm³/mol. The molecular formula is C18H26N4O3. The molecule has 25 heavy (non-hydrogen) atoms. The van der Waals surface area contributed by atoms with Crippen LogP contribution in [-0.2, 0) is 20.9 Å². The van der Waals surface area contributed by atoms with E-state index in [9.17, 15) is 4.79 Å². The van der Waals surface area contributed by atoms with Gasteiger partial charge in [-0.25, -0.2) is 4.79 Å². The second-order valence-corrected chi connectivity index (χ2v) is 6.55. The van der Waals surface area contributed by atoms with Crippen LogP contribution >= 0.6 is 0 Å². The van der Waals surface area contributed by atoms with Gasteiger partial charge in [0, 0.05) is 6.61 Å². The van der Waals surface area contributed by atoms with Crippen LogP contribution in [0.4, 0.5) is 0 Å². The number of rotatable bonds is 8. The highest BCUT2D eigenvalue weighted by Crippen LogP contribution is 2.18. The Morgan fingerprint density at radius 3 is 2.52 bits per heavy atom. The van der Waals surface area contributed by atoms with E-state index >= 15 is 0 Å². The van der Waals surface area contributed by atoms with Gasteiger partial charge in [-0.05, 0) is 54.7 Å². The Hall–Kier alpha value is -2.28. The zero-order chi connectivity index (χ0) is 18.4. The van der Waals surface area contributed by atoms with Crippen molar-refractivity contribution in [3.05, 3.63) is 35.2 Å². The van der Waals surface area contributed by atoms with E-state index in [1.165, 1.54) is 0 Å². The molecule has 7 nitrogen and oxygen atoms in total. The summed E-state index contributed by atoms with van der Waals surface area (Å²) in [7, 11) is 0. The lowest BCUT2D eigenvalue weighted by molar-refractivity contribution is -0.157. The summed E-state index contributed by atoms with van der Waals surface area (Å²) >= 11 is 0. The second kappa shape index (κ2) is 8.71. The molecule has 7 heteroatoms. The first kappa shape index (κ1) is 19.1. The molecule has 0 amide bonds. The highest BCUT2D eigenvalue weighted by molar-refractivity contribution is 5.74. The molecule has 0 saturated carbocycles.